The highest BCUT2D eigenvalue weighted by molar-refractivity contribution is 14.1. The van der Waals surface area contributed by atoms with Crippen molar-refractivity contribution in [1.29, 1.82) is 0 Å². The number of benzene rings is 1. The highest BCUT2D eigenvalue weighted by atomic mass is 127. The first-order chi connectivity index (χ1) is 46.5. The molecule has 0 radical (unpaired) electrons. The number of nitrogens with one attached hydrogen (secondary N) is 1. The van der Waals surface area contributed by atoms with Gasteiger partial charge in [-0.15, -0.1) is 46.2 Å². The van der Waals surface area contributed by atoms with Crippen molar-refractivity contribution in [1.82, 2.24) is 10.2 Å². The number of carbonyl (C=O) groups excluding carboxylic acids is 2. The van der Waals surface area contributed by atoms with E-state index in [-0.39, 0.29) is 5.91 Å². The van der Waals surface area contributed by atoms with E-state index < -0.39 is 0 Å². The van der Waals surface area contributed by atoms with Crippen molar-refractivity contribution in [3.05, 3.63) is 136 Å². The predicted octanol–water partition coefficient (Wildman–Crippen LogP) is 30.0. The summed E-state index contributed by atoms with van der Waals surface area (Å²) in [6.45, 7) is 25.9. The van der Waals surface area contributed by atoms with Crippen molar-refractivity contribution < 1.29 is 9.59 Å². The molecule has 1 amide bonds. The first-order valence-electron chi connectivity index (χ1n) is 39.5. The van der Waals surface area contributed by atoms with Gasteiger partial charge < -0.3 is 10.2 Å². The van der Waals surface area contributed by atoms with Crippen LogP contribution in [0.4, 0.5) is 0 Å². The fourth-order valence-corrected chi connectivity index (χ4v) is 16.2. The number of hydrogen-bond donors (Lipinski definition) is 1. The summed E-state index contributed by atoms with van der Waals surface area (Å²) in [6.07, 6.45) is 70.8. The molecular weight excluding hydrogens is 1350 g/mol. The molecule has 4 rings (SSSR count). The van der Waals surface area contributed by atoms with Crippen molar-refractivity contribution in [2.24, 2.45) is 11.8 Å². The summed E-state index contributed by atoms with van der Waals surface area (Å²) in [7, 11) is 0. The highest BCUT2D eigenvalue weighted by Gasteiger charge is 2.23. The second-order valence-corrected chi connectivity index (χ2v) is 33.1. The fraction of sp³-hybridized carbons (Fsp3) is 0.698. The van der Waals surface area contributed by atoms with Gasteiger partial charge >= 0.3 is 0 Å². The zero-order valence-corrected chi connectivity index (χ0v) is 68.3. The van der Waals surface area contributed by atoms with Crippen LogP contribution in [0.25, 0.3) is 0 Å². The number of thiophene rings is 2. The number of aldehydes is 1. The summed E-state index contributed by atoms with van der Waals surface area (Å²) in [5.41, 5.74) is 4.32. The van der Waals surface area contributed by atoms with E-state index in [4.69, 9.17) is 0 Å². The molecule has 542 valence electrons. The van der Waals surface area contributed by atoms with Gasteiger partial charge in [0.15, 0.2) is 0 Å². The summed E-state index contributed by atoms with van der Waals surface area (Å²) in [4.78, 5) is 31.4. The third-order valence-corrected chi connectivity index (χ3v) is 23.2. The van der Waals surface area contributed by atoms with Crippen LogP contribution in [0.5, 0.6) is 0 Å². The van der Waals surface area contributed by atoms with Crippen LogP contribution in [0.1, 0.15) is 357 Å². The van der Waals surface area contributed by atoms with Gasteiger partial charge in [0.05, 0.1) is 5.70 Å². The van der Waals surface area contributed by atoms with Gasteiger partial charge in [0, 0.05) is 48.3 Å². The lowest BCUT2D eigenvalue weighted by atomic mass is 9.88. The Labute approximate surface area is 619 Å². The lowest BCUT2D eigenvalue weighted by Gasteiger charge is -2.26. The molecule has 1 aliphatic rings. The molecule has 0 spiro atoms. The van der Waals surface area contributed by atoms with Gasteiger partial charge in [0.2, 0.25) is 0 Å². The number of halogens is 1. The Hall–Kier alpha value is -2.31. The Morgan fingerprint density at radius 1 is 0.621 bits per heavy atom. The van der Waals surface area contributed by atoms with Gasteiger partial charge in [0.1, 0.15) is 6.29 Å². The number of nitrogens with zero attached hydrogens (tertiary/aromatic N) is 1. The predicted molar refractivity (Wildman–Crippen MR) is 443 cm³/mol. The number of thioether (sulfide) groups is 2. The van der Waals surface area contributed by atoms with Gasteiger partial charge in [0.25, 0.3) is 5.91 Å². The molecule has 0 saturated heterocycles. The van der Waals surface area contributed by atoms with E-state index in [1.165, 1.54) is 277 Å². The van der Waals surface area contributed by atoms with Gasteiger partial charge in [-0.05, 0) is 151 Å². The number of carbonyl (C=O) groups is 2. The minimum atomic E-state index is -0.0547. The van der Waals surface area contributed by atoms with E-state index in [1.807, 2.05) is 34.2 Å². The molecule has 3 aromatic rings. The van der Waals surface area contributed by atoms with Crippen LogP contribution in [0.2, 0.25) is 0 Å². The van der Waals surface area contributed by atoms with Crippen LogP contribution in [0.15, 0.2) is 112 Å². The molecule has 4 nitrogen and oxygen atoms in total. The van der Waals surface area contributed by atoms with Crippen LogP contribution >= 0.6 is 68.8 Å². The van der Waals surface area contributed by atoms with E-state index >= 15 is 0 Å². The summed E-state index contributed by atoms with van der Waals surface area (Å²) in [5, 5.41) is 10.9. The Morgan fingerprint density at radius 3 is 1.56 bits per heavy atom. The maximum absolute atomic E-state index is 14.1. The summed E-state index contributed by atoms with van der Waals surface area (Å²) in [6, 6.07) is 15.1. The SMILES string of the molecule is C=C(C(=O)N(CCCCCCCC)C(/C=C\C=O)=C/NCCCCCCCC)/C(=C/CCC(C)CCCCCCCCCC)SCC.CCCCCCCCCCCCC(CCCCCCCCCC)Cc1ccsc1C1CC=CS1.Cc1ccc(I)cc1.Cc1cccs1. The molecule has 3 heterocycles. The average molecular weight is 1490 g/mol. The van der Waals surface area contributed by atoms with Crippen molar-refractivity contribution >= 4 is 81.0 Å². The molecule has 9 heteroatoms. The topological polar surface area (TPSA) is 49.4 Å². The molecule has 3 unspecified atom stereocenters. The number of aryl methyl sites for hydroxylation is 2. The summed E-state index contributed by atoms with van der Waals surface area (Å²) in [5.74, 6) is 2.44. The minimum Gasteiger partial charge on any atom is -0.389 e. The van der Waals surface area contributed by atoms with Crippen LogP contribution in [-0.2, 0) is 16.0 Å². The molecule has 0 bridgehead atoms. The highest BCUT2D eigenvalue weighted by Crippen LogP contribution is 2.43. The van der Waals surface area contributed by atoms with Crippen molar-refractivity contribution in [3.63, 3.8) is 0 Å². The molecule has 1 aliphatic heterocycles. The van der Waals surface area contributed by atoms with E-state index in [0.29, 0.717) is 23.3 Å². The van der Waals surface area contributed by atoms with E-state index in [9.17, 15) is 9.59 Å². The molecule has 1 N–H and O–H groups in total. The molecule has 2 aromatic heterocycles. The first kappa shape index (κ1) is 90.7. The Kier molecular flexibility index (Phi) is 64.5. The number of hydrogen-bond acceptors (Lipinski definition) is 7. The lowest BCUT2D eigenvalue weighted by molar-refractivity contribution is -0.125. The third kappa shape index (κ3) is 52.4. The smallest absolute Gasteiger partial charge is 0.258 e. The molecule has 95 heavy (non-hydrogen) atoms. The van der Waals surface area contributed by atoms with Crippen LogP contribution in [-0.4, -0.2) is 35.9 Å². The Balaban J connectivity index is 0.000000803. The normalized spacial score (nSPS) is 13.6. The molecule has 0 aliphatic carbocycles. The van der Waals surface area contributed by atoms with Gasteiger partial charge in [-0.3, -0.25) is 9.59 Å². The molecule has 1 aromatic carbocycles. The van der Waals surface area contributed by atoms with E-state index in [2.05, 4.69) is 168 Å². The van der Waals surface area contributed by atoms with Crippen LogP contribution in [0.3, 0.4) is 0 Å². The fourth-order valence-electron chi connectivity index (χ4n) is 12.3. The third-order valence-electron chi connectivity index (χ3n) is 18.3. The second kappa shape index (κ2) is 67.5. The number of rotatable bonds is 57. The average Bonchev–Trinajstić information content (AvgIpc) is 1.88. The number of amides is 1. The molecule has 3 atom stereocenters. The van der Waals surface area contributed by atoms with Gasteiger partial charge in [-0.1, -0.05) is 341 Å². The zero-order chi connectivity index (χ0) is 69.3. The van der Waals surface area contributed by atoms with Gasteiger partial charge in [-0.25, -0.2) is 0 Å². The molecule has 0 saturated carbocycles. The zero-order valence-electron chi connectivity index (χ0n) is 62.9. The standard InChI is InChI=1S/C42H76N2O2S.C32H56S2.C7H7I.C5H6S/c1-7-11-14-17-20-21-22-25-30-38(5)31-28-33-41(47-10-4)39(6)42(46)44(35-27-24-19-16-13-9-3)40(32-29-36-45)37-43-34-26-23-18-15-12-8-2;1-3-5-7-9-11-13-14-16-18-20-23-29(22-19-17-15-12-10-8-6-4-2)28-30-25-27-34-32(30)31-24-21-26-33-31;1-6-2-4-7(8)5-3-6;1-5-3-2-4-6-5/h29,32-33,36-38,43H,6-28,30-31,34-35H2,1-5H3;21,25-27,29,31H,3-20,22-24,28H2,1-2H3;2-5H,1H3;2-4H,1H3/b32-29-,40-37+,41-33-;;;. The summed E-state index contributed by atoms with van der Waals surface area (Å²) < 4.78 is 1.30. The minimum absolute atomic E-state index is 0.0547. The number of allylic oxidation sites excluding steroid dienone is 4. The second-order valence-electron chi connectivity index (χ2n) is 27.3. The largest absolute Gasteiger partial charge is 0.389 e. The summed E-state index contributed by atoms with van der Waals surface area (Å²) >= 11 is 9.85. The van der Waals surface area contributed by atoms with Crippen molar-refractivity contribution in [2.45, 2.75) is 357 Å². The first-order valence-corrected chi connectivity index (χ1v) is 44.2. The van der Waals surface area contributed by atoms with Crippen molar-refractivity contribution in [3.8, 4) is 0 Å². The Morgan fingerprint density at radius 2 is 1.12 bits per heavy atom. The maximum Gasteiger partial charge on any atom is 0.258 e. The van der Waals surface area contributed by atoms with Crippen LogP contribution in [0, 0.1) is 29.3 Å². The van der Waals surface area contributed by atoms with E-state index in [1.54, 1.807) is 39.6 Å². The monoisotopic (exact) mass is 1490 g/mol. The molecular formula is C86H145IN2O2S4. The number of unbranched alkanes of at least 4 members (excludes halogenated alkanes) is 33. The van der Waals surface area contributed by atoms with Gasteiger partial charge in [-0.2, -0.15) is 0 Å². The maximum atomic E-state index is 14.1. The van der Waals surface area contributed by atoms with Crippen LogP contribution < -0.4 is 5.32 Å². The Bertz CT molecular complexity index is 2290. The van der Waals surface area contributed by atoms with E-state index in [0.717, 1.165) is 67.2 Å². The quantitative estimate of drug-likeness (QED) is 0.0201. The lowest BCUT2D eigenvalue weighted by Crippen LogP contribution is -2.33. The van der Waals surface area contributed by atoms with Crippen molar-refractivity contribution in [2.75, 3.05) is 18.8 Å². The molecule has 0 fully saturated rings.